The number of nitrogens with one attached hydrogen (secondary N) is 1. The number of carbonyl (C=O) groups is 1. The van der Waals surface area contributed by atoms with Gasteiger partial charge in [-0.05, 0) is 33.2 Å². The molecule has 0 aromatic rings. The Kier molecular flexibility index (Phi) is 3.70. The summed E-state index contributed by atoms with van der Waals surface area (Å²) < 4.78 is 5.52. The molecule has 2 rings (SSSR count). The summed E-state index contributed by atoms with van der Waals surface area (Å²) in [6.07, 6.45) is 2.97. The molecular formula is C12H22N2O3. The summed E-state index contributed by atoms with van der Waals surface area (Å²) in [5, 5.41) is 12.7. The molecule has 2 heterocycles. The summed E-state index contributed by atoms with van der Waals surface area (Å²) >= 11 is 0. The van der Waals surface area contributed by atoms with Crippen LogP contribution in [0.2, 0.25) is 0 Å². The first-order chi connectivity index (χ1) is 8.03. The topological polar surface area (TPSA) is 61.8 Å². The Hall–Kier alpha value is -0.650. The van der Waals surface area contributed by atoms with E-state index in [2.05, 4.69) is 17.1 Å². The van der Waals surface area contributed by atoms with Gasteiger partial charge in [-0.2, -0.15) is 0 Å². The van der Waals surface area contributed by atoms with Crippen molar-refractivity contribution in [1.82, 2.24) is 10.2 Å². The Balaban J connectivity index is 1.95. The molecule has 98 valence electrons. The van der Waals surface area contributed by atoms with Gasteiger partial charge in [0.05, 0.1) is 6.10 Å². The van der Waals surface area contributed by atoms with Crippen LogP contribution in [0.25, 0.3) is 0 Å². The first-order valence-electron chi connectivity index (χ1n) is 6.34. The van der Waals surface area contributed by atoms with E-state index in [9.17, 15) is 9.90 Å². The van der Waals surface area contributed by atoms with E-state index >= 15 is 0 Å². The van der Waals surface area contributed by atoms with E-state index in [1.54, 1.807) is 0 Å². The maximum atomic E-state index is 11.5. The molecule has 0 aliphatic carbocycles. The monoisotopic (exact) mass is 242 g/mol. The molecule has 0 saturated carbocycles. The molecule has 3 atom stereocenters. The Morgan fingerprint density at radius 1 is 1.65 bits per heavy atom. The van der Waals surface area contributed by atoms with Crippen molar-refractivity contribution in [1.29, 1.82) is 0 Å². The predicted octanol–water partition coefficient (Wildman–Crippen LogP) is 0.302. The standard InChI is InChI=1S/C12H22N2O3/c1-9-6-12(11(15)16,8-14(9)2)13-7-10-4-3-5-17-10/h9-10,13H,3-8H2,1-2H3,(H,15,16). The van der Waals surface area contributed by atoms with E-state index in [1.807, 2.05) is 7.05 Å². The second kappa shape index (κ2) is 4.92. The molecule has 17 heavy (non-hydrogen) atoms. The summed E-state index contributed by atoms with van der Waals surface area (Å²) in [6, 6.07) is 0.308. The Morgan fingerprint density at radius 2 is 2.41 bits per heavy atom. The lowest BCUT2D eigenvalue weighted by molar-refractivity contribution is -0.144. The van der Waals surface area contributed by atoms with Crippen LogP contribution < -0.4 is 5.32 Å². The molecule has 0 spiro atoms. The van der Waals surface area contributed by atoms with Crippen LogP contribution in [0, 0.1) is 0 Å². The van der Waals surface area contributed by atoms with E-state index in [0.29, 0.717) is 25.6 Å². The molecule has 2 aliphatic rings. The van der Waals surface area contributed by atoms with Gasteiger partial charge in [-0.25, -0.2) is 0 Å². The number of hydrogen-bond acceptors (Lipinski definition) is 4. The molecule has 5 heteroatoms. The smallest absolute Gasteiger partial charge is 0.325 e. The van der Waals surface area contributed by atoms with Crippen LogP contribution in [0.5, 0.6) is 0 Å². The molecule has 0 aromatic carbocycles. The molecule has 2 fully saturated rings. The third-order valence-electron chi connectivity index (χ3n) is 4.02. The first kappa shape index (κ1) is 12.8. The van der Waals surface area contributed by atoms with Gasteiger partial charge < -0.3 is 14.7 Å². The largest absolute Gasteiger partial charge is 0.480 e. The number of aliphatic carboxylic acids is 1. The van der Waals surface area contributed by atoms with E-state index in [1.165, 1.54) is 0 Å². The average Bonchev–Trinajstić information content (AvgIpc) is 2.86. The van der Waals surface area contributed by atoms with Gasteiger partial charge in [-0.15, -0.1) is 0 Å². The molecule has 0 bridgehead atoms. The summed E-state index contributed by atoms with van der Waals surface area (Å²) in [7, 11) is 1.98. The fourth-order valence-corrected chi connectivity index (χ4v) is 2.78. The fourth-order valence-electron chi connectivity index (χ4n) is 2.78. The van der Waals surface area contributed by atoms with Crippen LogP contribution in [0.3, 0.4) is 0 Å². The summed E-state index contributed by atoms with van der Waals surface area (Å²) in [5.74, 6) is -0.744. The average molecular weight is 242 g/mol. The van der Waals surface area contributed by atoms with Gasteiger partial charge in [0.25, 0.3) is 0 Å². The Morgan fingerprint density at radius 3 is 2.88 bits per heavy atom. The predicted molar refractivity (Wildman–Crippen MR) is 64.1 cm³/mol. The van der Waals surface area contributed by atoms with Crippen molar-refractivity contribution in [2.24, 2.45) is 0 Å². The van der Waals surface area contributed by atoms with Crippen LogP contribution in [0.1, 0.15) is 26.2 Å². The van der Waals surface area contributed by atoms with Crippen molar-refractivity contribution in [3.05, 3.63) is 0 Å². The second-order valence-corrected chi connectivity index (χ2v) is 5.37. The zero-order valence-corrected chi connectivity index (χ0v) is 10.6. The van der Waals surface area contributed by atoms with Gasteiger partial charge in [-0.1, -0.05) is 0 Å². The maximum absolute atomic E-state index is 11.5. The number of hydrogen-bond donors (Lipinski definition) is 2. The van der Waals surface area contributed by atoms with Gasteiger partial charge in [0.2, 0.25) is 0 Å². The second-order valence-electron chi connectivity index (χ2n) is 5.37. The van der Waals surface area contributed by atoms with E-state index in [4.69, 9.17) is 4.74 Å². The minimum atomic E-state index is -0.792. The van der Waals surface area contributed by atoms with Crippen molar-refractivity contribution >= 4 is 5.97 Å². The highest BCUT2D eigenvalue weighted by atomic mass is 16.5. The maximum Gasteiger partial charge on any atom is 0.325 e. The highest BCUT2D eigenvalue weighted by molar-refractivity contribution is 5.79. The van der Waals surface area contributed by atoms with Gasteiger partial charge in [-0.3, -0.25) is 10.1 Å². The summed E-state index contributed by atoms with van der Waals surface area (Å²) in [5.41, 5.74) is -0.792. The third kappa shape index (κ3) is 2.61. The first-order valence-corrected chi connectivity index (χ1v) is 6.34. The van der Waals surface area contributed by atoms with Crippen LogP contribution in [-0.4, -0.2) is 60.4 Å². The molecule has 2 aliphatic heterocycles. The van der Waals surface area contributed by atoms with Gasteiger partial charge in [0.1, 0.15) is 5.54 Å². The number of carboxylic acids is 1. The minimum Gasteiger partial charge on any atom is -0.480 e. The normalized spacial score (nSPS) is 38.7. The van der Waals surface area contributed by atoms with Crippen LogP contribution >= 0.6 is 0 Å². The number of likely N-dealkylation sites (tertiary alicyclic amines) is 1. The van der Waals surface area contributed by atoms with Crippen LogP contribution in [0.4, 0.5) is 0 Å². The van der Waals surface area contributed by atoms with Crippen molar-refractivity contribution in [3.8, 4) is 0 Å². The van der Waals surface area contributed by atoms with Gasteiger partial charge in [0, 0.05) is 25.7 Å². The molecule has 0 amide bonds. The third-order valence-corrected chi connectivity index (χ3v) is 4.02. The molecular weight excluding hydrogens is 220 g/mol. The van der Waals surface area contributed by atoms with E-state index in [0.717, 1.165) is 19.4 Å². The molecule has 3 unspecified atom stereocenters. The highest BCUT2D eigenvalue weighted by Crippen LogP contribution is 2.26. The lowest BCUT2D eigenvalue weighted by Crippen LogP contribution is -2.55. The lowest BCUT2D eigenvalue weighted by atomic mass is 9.96. The molecule has 5 nitrogen and oxygen atoms in total. The van der Waals surface area contributed by atoms with Crippen molar-refractivity contribution in [3.63, 3.8) is 0 Å². The van der Waals surface area contributed by atoms with Crippen LogP contribution in [-0.2, 0) is 9.53 Å². The minimum absolute atomic E-state index is 0.187. The molecule has 2 saturated heterocycles. The number of ether oxygens (including phenoxy) is 1. The summed E-state index contributed by atoms with van der Waals surface area (Å²) in [6.45, 7) is 4.09. The zero-order chi connectivity index (χ0) is 12.5. The van der Waals surface area contributed by atoms with Gasteiger partial charge in [0.15, 0.2) is 0 Å². The SMILES string of the molecule is CC1CC(NCC2CCCO2)(C(=O)O)CN1C. The molecule has 0 radical (unpaired) electrons. The number of carboxylic acid groups (broad SMARTS) is 1. The lowest BCUT2D eigenvalue weighted by Gasteiger charge is -2.27. The van der Waals surface area contributed by atoms with Crippen molar-refractivity contribution < 1.29 is 14.6 Å². The highest BCUT2D eigenvalue weighted by Gasteiger charge is 2.46. The fraction of sp³-hybridized carbons (Fsp3) is 0.917. The Labute approximate surface area is 102 Å². The van der Waals surface area contributed by atoms with Crippen molar-refractivity contribution in [2.45, 2.75) is 43.9 Å². The molecule has 2 N–H and O–H groups in total. The van der Waals surface area contributed by atoms with E-state index < -0.39 is 11.5 Å². The van der Waals surface area contributed by atoms with Crippen molar-refractivity contribution in [2.75, 3.05) is 26.7 Å². The quantitative estimate of drug-likeness (QED) is 0.742. The summed E-state index contributed by atoms with van der Waals surface area (Å²) in [4.78, 5) is 13.6. The van der Waals surface area contributed by atoms with Gasteiger partial charge >= 0.3 is 5.97 Å². The Bertz CT molecular complexity index is 279. The molecule has 0 aromatic heterocycles. The van der Waals surface area contributed by atoms with Crippen LogP contribution in [0.15, 0.2) is 0 Å². The number of nitrogens with zero attached hydrogens (tertiary/aromatic N) is 1. The number of rotatable bonds is 4. The zero-order valence-electron chi connectivity index (χ0n) is 10.6. The number of likely N-dealkylation sites (N-methyl/N-ethyl adjacent to an activating group) is 1. The van der Waals surface area contributed by atoms with E-state index in [-0.39, 0.29) is 6.10 Å².